The summed E-state index contributed by atoms with van der Waals surface area (Å²) < 4.78 is 137. The van der Waals surface area contributed by atoms with Gasteiger partial charge in [-0.3, -0.25) is 0 Å². The van der Waals surface area contributed by atoms with E-state index in [1.807, 2.05) is 239 Å². The van der Waals surface area contributed by atoms with E-state index < -0.39 is 63.3 Å². The van der Waals surface area contributed by atoms with Gasteiger partial charge in [-0.1, -0.05) is 207 Å². The summed E-state index contributed by atoms with van der Waals surface area (Å²) in [5.41, 5.74) is 21.0. The minimum absolute atomic E-state index is 0.246. The maximum absolute atomic E-state index is 13.1. The highest BCUT2D eigenvalue weighted by Crippen LogP contribution is 2.45. The highest BCUT2D eigenvalue weighted by atomic mass is 35.5. The van der Waals surface area contributed by atoms with E-state index in [1.165, 1.54) is 0 Å². The summed E-state index contributed by atoms with van der Waals surface area (Å²) in [6.07, 6.45) is 1.96. The van der Waals surface area contributed by atoms with Crippen LogP contribution in [0, 0.1) is 0 Å². The molecule has 12 aliphatic heterocycles. The van der Waals surface area contributed by atoms with Gasteiger partial charge < -0.3 is 77.3 Å². The molecule has 0 aliphatic carbocycles. The van der Waals surface area contributed by atoms with E-state index in [-0.39, 0.29) is 99.7 Å². The first-order valence-electron chi connectivity index (χ1n) is 49.3. The molecule has 780 valence electrons. The lowest BCUT2D eigenvalue weighted by Crippen LogP contribution is -2.34. The Morgan fingerprint density at radius 1 is 0.300 bits per heavy atom. The minimum atomic E-state index is -2.56. The first kappa shape index (κ1) is 104. The first-order chi connectivity index (χ1) is 72.2. The topological polar surface area (TPSA) is 410 Å². The monoisotopic (exact) mass is 2180 g/mol. The summed E-state index contributed by atoms with van der Waals surface area (Å²) in [5.74, 6) is 3.77. The van der Waals surface area contributed by atoms with E-state index in [0.29, 0.717) is 181 Å². The van der Waals surface area contributed by atoms with E-state index >= 15 is 0 Å². The number of nitrogens with zero attached hydrogens (tertiary/aromatic N) is 12. The van der Waals surface area contributed by atoms with Gasteiger partial charge in [0.15, 0.2) is 48.0 Å². The maximum Gasteiger partial charge on any atom is 0.195 e. The van der Waals surface area contributed by atoms with Crippen LogP contribution in [0.2, 0.25) is 20.1 Å². The quantitative estimate of drug-likeness (QED) is 0.0584. The van der Waals surface area contributed by atoms with Crippen LogP contribution < -0.4 is 0 Å². The fraction of sp³-hybridized carbons (Fsp3) is 0.345. The summed E-state index contributed by atoms with van der Waals surface area (Å²) in [4.78, 5) is 38.2. The molecule has 0 spiro atoms. The molecule has 1 unspecified atom stereocenters. The van der Waals surface area contributed by atoms with Gasteiger partial charge in [0.1, 0.15) is 73.2 Å². The van der Waals surface area contributed by atoms with Gasteiger partial charge in [-0.2, -0.15) is 17.5 Å². The number of hydrogen-bond donors (Lipinski definition) is 4. The predicted molar refractivity (Wildman–Crippen MR) is 581 cm³/mol. The molecule has 8 fully saturated rings. The molecule has 0 saturated carbocycles. The molecule has 150 heavy (non-hydrogen) atoms. The largest absolute Gasteiger partial charge is 0.472 e. The smallest absolute Gasteiger partial charge is 0.195 e. The van der Waals surface area contributed by atoms with Crippen molar-refractivity contribution in [1.29, 1.82) is 0 Å². The Balaban J connectivity index is 0.000000117. The second-order valence-corrected chi connectivity index (χ2v) is 50.3. The number of pyridine rings is 4. The molecule has 8 aromatic carbocycles. The van der Waals surface area contributed by atoms with Crippen LogP contribution in [0.25, 0.3) is 78.4 Å². The maximum atomic E-state index is 13.1. The lowest BCUT2D eigenvalue weighted by atomic mass is 10.0. The normalized spacial score (nSPS) is 25.0. The van der Waals surface area contributed by atoms with Crippen LogP contribution in [-0.4, -0.2) is 274 Å². The van der Waals surface area contributed by atoms with Crippen LogP contribution in [0.5, 0.6) is 0 Å². The van der Waals surface area contributed by atoms with Crippen LogP contribution in [0.4, 0.5) is 45.5 Å². The number of benzene rings is 8. The number of aromatic nitrogens is 4. The molecule has 4 N–H and O–H groups in total. The number of rotatable bonds is 19. The molecule has 12 aliphatic rings. The number of aliphatic imine (C=N–C) groups is 4. The van der Waals surface area contributed by atoms with Gasteiger partial charge in [0, 0.05) is 88.9 Å². The summed E-state index contributed by atoms with van der Waals surface area (Å²) >= 11 is 26.4. The summed E-state index contributed by atoms with van der Waals surface area (Å²) in [5, 5.41) is 41.8. The fourth-order valence-corrected chi connectivity index (χ4v) is 24.3. The highest BCUT2D eigenvalue weighted by molar-refractivity contribution is 7.94. The van der Waals surface area contributed by atoms with Crippen molar-refractivity contribution in [3.8, 4) is 78.4 Å². The van der Waals surface area contributed by atoms with Gasteiger partial charge in [-0.15, -0.1) is 0 Å². The Hall–Kier alpha value is -11.3. The SMILES string of the molecule is CCS(=O)(CC)=Nc1ccc(-c2ccc(-c3nc4c(cc3Cl)N=C(O[C@@H]3CO[C@H]5[C@@H]3OC[C@H]5O)C4)cc2)cc1.CCS(C)(=O)=Nc1ccc(-c2ccc(-c3nc4c(cc3Cl)N=C(O[C@@H]3CO[C@H]5[C@@H]3OC[C@H]5O)C4)cc2)cc1.CS(C)(=O)=Nc1cccc(-c2ccc(-c3nc4c(cc3Cl)N=C(O[C@@H]3CO[C@H]5[C@@H]3OC[C@H]5O)C4)cc2)c1.C[S@](=O)(=Nc1ccc(-c2nc3c(cc2Cl)N=C(O[C@@H]2CO[C@H]4[C@@H]2OC[C@H]4O)C3)cc1)c1ccccc1. The lowest BCUT2D eigenvalue weighted by Gasteiger charge is -2.17. The minimum Gasteiger partial charge on any atom is -0.472 e. The molecular weight excluding hydrogens is 2080 g/mol. The second-order valence-electron chi connectivity index (χ2n) is 38.3. The molecule has 16 heterocycles. The first-order valence-corrected chi connectivity index (χ1v) is 59.0. The van der Waals surface area contributed by atoms with Gasteiger partial charge in [0.05, 0.1) is 209 Å². The zero-order valence-electron chi connectivity index (χ0n) is 82.5. The number of aliphatic hydroxyl groups excluding tert-OH is 4. The van der Waals surface area contributed by atoms with E-state index in [9.17, 15) is 37.3 Å². The van der Waals surface area contributed by atoms with Crippen molar-refractivity contribution < 1.29 is 94.1 Å². The van der Waals surface area contributed by atoms with Gasteiger partial charge in [0.25, 0.3) is 0 Å². The number of hydrogen-bond acceptors (Lipinski definition) is 32. The fourth-order valence-electron chi connectivity index (χ4n) is 19.5. The number of aliphatic hydroxyl groups is 4. The van der Waals surface area contributed by atoms with Gasteiger partial charge in [-0.25, -0.2) is 56.7 Å². The van der Waals surface area contributed by atoms with Crippen molar-refractivity contribution >= 4 is 154 Å². The molecule has 4 aromatic heterocycles. The number of halogens is 4. The zero-order chi connectivity index (χ0) is 104. The van der Waals surface area contributed by atoms with E-state index in [1.54, 1.807) is 31.1 Å². The molecule has 0 amide bonds. The number of ether oxygens (including phenoxy) is 12. The highest BCUT2D eigenvalue weighted by Gasteiger charge is 2.53. The Labute approximate surface area is 889 Å². The van der Waals surface area contributed by atoms with Crippen molar-refractivity contribution in [3.63, 3.8) is 0 Å². The molecule has 32 nitrogen and oxygen atoms in total. The molecule has 40 heteroatoms. The average molecular weight is 2190 g/mol. The van der Waals surface area contributed by atoms with Crippen LogP contribution >= 0.6 is 46.4 Å². The van der Waals surface area contributed by atoms with Gasteiger partial charge in [0.2, 0.25) is 0 Å². The molecule has 8 saturated heterocycles. The molecule has 0 radical (unpaired) electrons. The van der Waals surface area contributed by atoms with Crippen LogP contribution in [0.3, 0.4) is 0 Å². The standard InChI is InChI=1S/C29H30ClN3O5S.C28H28ClN3O5S.C27H26ClN3O5S.C26H24ClN3O5S/c1-3-39(35,4-2)33-20-11-9-18(10-12-20)17-5-7-19(8-6-17)27-21(30)13-22-23(32-27)14-26(31-22)38-25-16-37-28-24(34)15-36-29(25)28;1-3-38(2,34)32-19-10-8-17(9-11-19)16-4-6-18(7-5-16)26-20(29)12-21-22(31-26)13-25(30-21)37-24-15-36-27-23(33)14-35-28(24)27;1-37(2,33)31-18-5-3-4-17(10-18)15-6-8-16(9-7-15)25-19(28)11-20-21(30-25)12-24(29-20)36-23-14-35-26-22(32)13-34-27(23)26;1-36(32,17-5-3-2-4-6-17)30-16-9-7-15(8-10-16)24-18(27)11-19-20(29-24)12-23(28-19)35-22-14-34-25-21(31)13-33-26(22)25/h5-13,24-25,28-29,34H,3-4,14-16H2,1-2H3;4-12,23-24,27-28,33H,3,13-15H2,1-2H3;3-11,22-23,26-27,32H,12-14H2,1-2H3;2-11,21-22,25-26,31H,12-14H2,1H3/t24-,25-,28-,29-;23-,24-,27-,28-,38?;22-,23-,26-,27-;21-,22-,25-,26-,36-/m1111/s1. The average Bonchev–Trinajstić information content (AvgIpc) is 1.63. The predicted octanol–water partition coefficient (Wildman–Crippen LogP) is 19.2. The zero-order valence-corrected chi connectivity index (χ0v) is 88.8. The molecule has 12 aromatic rings. The van der Waals surface area contributed by atoms with Gasteiger partial charge in [-0.05, 0) is 118 Å². The lowest BCUT2D eigenvalue weighted by molar-refractivity contribution is 0.00555. The molecule has 0 bridgehead atoms. The van der Waals surface area contributed by atoms with E-state index in [4.69, 9.17) is 123 Å². The van der Waals surface area contributed by atoms with Gasteiger partial charge >= 0.3 is 0 Å². The van der Waals surface area contributed by atoms with Crippen molar-refractivity contribution in [3.05, 3.63) is 267 Å². The summed E-state index contributed by atoms with van der Waals surface area (Å²) in [6.45, 7) is 8.08. The third-order valence-electron chi connectivity index (χ3n) is 27.5. The molecular formula is C110H108Cl4N12O20S4. The van der Waals surface area contributed by atoms with Crippen molar-refractivity contribution in [2.24, 2.45) is 37.4 Å². The Morgan fingerprint density at radius 2 is 0.580 bits per heavy atom. The third-order valence-corrected chi connectivity index (χ3v) is 35.0. The summed E-state index contributed by atoms with van der Waals surface area (Å²) in [6, 6.07) is 71.1. The molecule has 24 rings (SSSR count). The van der Waals surface area contributed by atoms with Crippen molar-refractivity contribution in [2.45, 2.75) is 149 Å². The van der Waals surface area contributed by atoms with Crippen LogP contribution in [-0.2, 0) is 121 Å². The Kier molecular flexibility index (Phi) is 30.7. The summed E-state index contributed by atoms with van der Waals surface area (Å²) in [7, 11) is -9.17. The van der Waals surface area contributed by atoms with E-state index in [2.05, 4.69) is 37.4 Å². The third kappa shape index (κ3) is 23.2. The Morgan fingerprint density at radius 3 is 0.887 bits per heavy atom. The van der Waals surface area contributed by atoms with E-state index in [0.717, 1.165) is 84.1 Å². The van der Waals surface area contributed by atoms with Crippen molar-refractivity contribution in [2.75, 3.05) is 95.1 Å². The Bertz CT molecular complexity index is 7830. The second kappa shape index (κ2) is 44.1. The van der Waals surface area contributed by atoms with Crippen LogP contribution in [0.15, 0.2) is 267 Å². The molecule has 18 atom stereocenters. The number of fused-ring (bicyclic) bond motifs is 8. The van der Waals surface area contributed by atoms with Crippen LogP contribution in [0.1, 0.15) is 43.5 Å². The van der Waals surface area contributed by atoms with Crippen molar-refractivity contribution in [1.82, 2.24) is 19.9 Å².